The van der Waals surface area contributed by atoms with Crippen LogP contribution in [-0.4, -0.2) is 49.2 Å². The first-order valence-electron chi connectivity index (χ1n) is 10.0. The molecule has 0 spiro atoms. The summed E-state index contributed by atoms with van der Waals surface area (Å²) < 4.78 is 10.0. The molecule has 30 heavy (non-hydrogen) atoms. The van der Waals surface area contributed by atoms with Crippen molar-refractivity contribution in [3.8, 4) is 11.5 Å². The lowest BCUT2D eigenvalue weighted by atomic mass is 9.94. The van der Waals surface area contributed by atoms with Crippen LogP contribution < -0.4 is 10.1 Å². The average Bonchev–Trinajstić information content (AvgIpc) is 2.79. The van der Waals surface area contributed by atoms with Gasteiger partial charge in [-0.3, -0.25) is 9.69 Å². The minimum atomic E-state index is -0.800. The van der Waals surface area contributed by atoms with Gasteiger partial charge in [0.15, 0.2) is 17.5 Å². The molecule has 1 unspecified atom stereocenters. The van der Waals surface area contributed by atoms with Gasteiger partial charge in [-0.1, -0.05) is 36.4 Å². The van der Waals surface area contributed by atoms with Crippen LogP contribution in [0, 0.1) is 5.92 Å². The Balaban J connectivity index is 1.56. The van der Waals surface area contributed by atoms with Crippen molar-refractivity contribution in [3.05, 3.63) is 59.7 Å². The van der Waals surface area contributed by atoms with Gasteiger partial charge in [-0.25, -0.2) is 4.79 Å². The lowest BCUT2D eigenvalue weighted by Crippen LogP contribution is -2.43. The van der Waals surface area contributed by atoms with Gasteiger partial charge in [0.05, 0.1) is 14.2 Å². The van der Waals surface area contributed by atoms with Crippen LogP contribution in [0.15, 0.2) is 48.5 Å². The van der Waals surface area contributed by atoms with Crippen LogP contribution in [0.4, 0.5) is 0 Å². The summed E-state index contributed by atoms with van der Waals surface area (Å²) in [4.78, 5) is 27.3. The van der Waals surface area contributed by atoms with Gasteiger partial charge in [0.2, 0.25) is 5.91 Å². The van der Waals surface area contributed by atoms with Crippen LogP contribution in [0.25, 0.3) is 0 Å². The molecule has 1 aliphatic rings. The summed E-state index contributed by atoms with van der Waals surface area (Å²) in [7, 11) is 2.85. The number of benzene rings is 2. The van der Waals surface area contributed by atoms with Gasteiger partial charge in [0, 0.05) is 12.5 Å². The zero-order valence-corrected chi connectivity index (χ0v) is 17.3. The Morgan fingerprint density at radius 1 is 1.13 bits per heavy atom. The molecule has 1 amide bonds. The summed E-state index contributed by atoms with van der Waals surface area (Å²) in [5.41, 5.74) is 1.75. The normalized spacial score (nSPS) is 15.9. The van der Waals surface area contributed by atoms with Crippen LogP contribution >= 0.6 is 0 Å². The number of ether oxygens (including phenoxy) is 2. The van der Waals surface area contributed by atoms with Crippen molar-refractivity contribution in [1.29, 1.82) is 0 Å². The van der Waals surface area contributed by atoms with E-state index in [1.165, 1.54) is 14.2 Å². The number of rotatable bonds is 7. The highest BCUT2D eigenvalue weighted by molar-refractivity contribution is 5.86. The van der Waals surface area contributed by atoms with Crippen LogP contribution in [-0.2, 0) is 20.9 Å². The van der Waals surface area contributed by atoms with Gasteiger partial charge >= 0.3 is 5.97 Å². The maximum Gasteiger partial charge on any atom is 0.333 e. The fourth-order valence-electron chi connectivity index (χ4n) is 3.73. The van der Waals surface area contributed by atoms with Crippen molar-refractivity contribution in [2.75, 3.05) is 27.3 Å². The van der Waals surface area contributed by atoms with Crippen molar-refractivity contribution >= 4 is 11.9 Å². The number of esters is 1. The molecule has 1 saturated heterocycles. The number of nitrogens with one attached hydrogen (secondary N) is 1. The zero-order valence-electron chi connectivity index (χ0n) is 17.3. The third kappa shape index (κ3) is 5.30. The SMILES string of the molecule is COC(=O)C(NC(=O)C1CCN(Cc2ccc(O)c(OC)c2)CC1)c1ccccc1. The molecular weight excluding hydrogens is 384 g/mol. The third-order valence-electron chi connectivity index (χ3n) is 5.47. The lowest BCUT2D eigenvalue weighted by Gasteiger charge is -2.32. The molecule has 1 heterocycles. The lowest BCUT2D eigenvalue weighted by molar-refractivity contribution is -0.146. The highest BCUT2D eigenvalue weighted by atomic mass is 16.5. The summed E-state index contributed by atoms with van der Waals surface area (Å²) in [5, 5.41) is 12.6. The molecule has 2 aromatic carbocycles. The van der Waals surface area contributed by atoms with Crippen molar-refractivity contribution in [3.63, 3.8) is 0 Å². The molecular formula is C23H28N2O5. The molecule has 0 radical (unpaired) electrons. The molecule has 1 atom stereocenters. The van der Waals surface area contributed by atoms with Crippen LogP contribution in [0.5, 0.6) is 11.5 Å². The summed E-state index contributed by atoms with van der Waals surface area (Å²) in [6.45, 7) is 2.27. The molecule has 7 heteroatoms. The van der Waals surface area contributed by atoms with E-state index in [9.17, 15) is 14.7 Å². The van der Waals surface area contributed by atoms with Gasteiger partial charge in [-0.2, -0.15) is 0 Å². The molecule has 160 valence electrons. The second-order valence-electron chi connectivity index (χ2n) is 7.43. The molecule has 0 aliphatic carbocycles. The van der Waals surface area contributed by atoms with Gasteiger partial charge in [-0.05, 0) is 49.2 Å². The van der Waals surface area contributed by atoms with E-state index in [2.05, 4.69) is 10.2 Å². The molecule has 0 aromatic heterocycles. The van der Waals surface area contributed by atoms with E-state index in [0.29, 0.717) is 24.2 Å². The Hall–Kier alpha value is -3.06. The summed E-state index contributed by atoms with van der Waals surface area (Å²) in [6.07, 6.45) is 1.42. The number of phenolic OH excluding ortho intramolecular Hbond substituents is 1. The Labute approximate surface area is 176 Å². The van der Waals surface area contributed by atoms with Gasteiger partial charge in [-0.15, -0.1) is 0 Å². The molecule has 0 saturated carbocycles. The first-order chi connectivity index (χ1) is 14.5. The van der Waals surface area contributed by atoms with Gasteiger partial charge in [0.1, 0.15) is 0 Å². The molecule has 0 bridgehead atoms. The molecule has 1 fully saturated rings. The number of likely N-dealkylation sites (tertiary alicyclic amines) is 1. The Kier molecular flexibility index (Phi) is 7.30. The van der Waals surface area contributed by atoms with E-state index in [-0.39, 0.29) is 17.6 Å². The van der Waals surface area contributed by atoms with Crippen molar-refractivity contribution in [1.82, 2.24) is 10.2 Å². The number of hydrogen-bond donors (Lipinski definition) is 2. The number of piperidine rings is 1. The minimum absolute atomic E-state index is 0.121. The van der Waals surface area contributed by atoms with Crippen molar-refractivity contribution in [2.45, 2.75) is 25.4 Å². The minimum Gasteiger partial charge on any atom is -0.504 e. The summed E-state index contributed by atoms with van der Waals surface area (Å²) >= 11 is 0. The van der Waals surface area contributed by atoms with E-state index < -0.39 is 12.0 Å². The molecule has 2 N–H and O–H groups in total. The van der Waals surface area contributed by atoms with E-state index in [1.54, 1.807) is 18.2 Å². The predicted octanol–water partition coefficient (Wildman–Crippen LogP) is 2.64. The quantitative estimate of drug-likeness (QED) is 0.680. The fourth-order valence-corrected chi connectivity index (χ4v) is 3.73. The number of aromatic hydroxyl groups is 1. The molecule has 2 aromatic rings. The number of methoxy groups -OCH3 is 2. The van der Waals surface area contributed by atoms with E-state index >= 15 is 0 Å². The van der Waals surface area contributed by atoms with Crippen LogP contribution in [0.1, 0.15) is 30.0 Å². The van der Waals surface area contributed by atoms with Gasteiger partial charge < -0.3 is 19.9 Å². The number of carbonyl (C=O) groups excluding carboxylic acids is 2. The van der Waals surface area contributed by atoms with Crippen molar-refractivity contribution in [2.24, 2.45) is 5.92 Å². The third-order valence-corrected chi connectivity index (χ3v) is 5.47. The molecule has 3 rings (SSSR count). The standard InChI is InChI=1S/C23H28N2O5/c1-29-20-14-16(8-9-19(20)26)15-25-12-10-18(11-13-25)22(27)24-21(23(28)30-2)17-6-4-3-5-7-17/h3-9,14,18,21,26H,10-13,15H2,1-2H3,(H,24,27). The Morgan fingerprint density at radius 3 is 2.47 bits per heavy atom. The number of phenols is 1. The van der Waals surface area contributed by atoms with E-state index in [4.69, 9.17) is 9.47 Å². The van der Waals surface area contributed by atoms with Crippen LogP contribution in [0.2, 0.25) is 0 Å². The maximum atomic E-state index is 12.8. The monoisotopic (exact) mass is 412 g/mol. The number of nitrogens with zero attached hydrogens (tertiary/aromatic N) is 1. The Bertz CT molecular complexity index is 863. The summed E-state index contributed by atoms with van der Waals surface area (Å²) in [6, 6.07) is 13.7. The second-order valence-corrected chi connectivity index (χ2v) is 7.43. The maximum absolute atomic E-state index is 12.8. The summed E-state index contributed by atoms with van der Waals surface area (Å²) in [5.74, 6) is -0.174. The number of carbonyl (C=O) groups is 2. The number of amides is 1. The van der Waals surface area contributed by atoms with E-state index in [0.717, 1.165) is 25.2 Å². The van der Waals surface area contributed by atoms with Crippen LogP contribution in [0.3, 0.4) is 0 Å². The molecule has 7 nitrogen and oxygen atoms in total. The predicted molar refractivity (Wildman–Crippen MR) is 112 cm³/mol. The topological polar surface area (TPSA) is 88.1 Å². The first kappa shape index (κ1) is 21.6. The average molecular weight is 412 g/mol. The highest BCUT2D eigenvalue weighted by Crippen LogP contribution is 2.28. The van der Waals surface area contributed by atoms with Gasteiger partial charge in [0.25, 0.3) is 0 Å². The second kappa shape index (κ2) is 10.1. The zero-order chi connectivity index (χ0) is 21.5. The first-order valence-corrected chi connectivity index (χ1v) is 10.0. The van der Waals surface area contributed by atoms with E-state index in [1.807, 2.05) is 30.3 Å². The Morgan fingerprint density at radius 2 is 1.83 bits per heavy atom. The fraction of sp³-hybridized carbons (Fsp3) is 0.391. The number of hydrogen-bond acceptors (Lipinski definition) is 6. The van der Waals surface area contributed by atoms with Crippen molar-refractivity contribution < 1.29 is 24.2 Å². The molecule has 1 aliphatic heterocycles. The smallest absolute Gasteiger partial charge is 0.333 e. The highest BCUT2D eigenvalue weighted by Gasteiger charge is 2.30. The largest absolute Gasteiger partial charge is 0.504 e.